The average Bonchev–Trinajstić information content (AvgIpc) is 2.67. The molecule has 0 aliphatic carbocycles. The van der Waals surface area contributed by atoms with E-state index in [2.05, 4.69) is 17.9 Å². The van der Waals surface area contributed by atoms with Crippen molar-refractivity contribution in [2.24, 2.45) is 0 Å². The minimum absolute atomic E-state index is 0.106. The Balaban J connectivity index is 2.02. The van der Waals surface area contributed by atoms with Gasteiger partial charge in [-0.3, -0.25) is 4.79 Å². The number of aliphatic hydroxyl groups is 6. The van der Waals surface area contributed by atoms with Crippen LogP contribution in [0.5, 0.6) is 0 Å². The standard InChI is InChI=1S/C15H27NO11S/c1-16-7(19)4-24-8-2-5(18)12(6(3-17)25-8)26-15-11(22)9(20)10(21)13(27-15)14(23)28/h5-6,8-15,17-18,20-23,28H,2-4H2,1H3,(H,16,19)/t5-,6-,8-,9+,10-,11-,12+,13+,14?,15-/m1/s1. The molecular weight excluding hydrogens is 402 g/mol. The van der Waals surface area contributed by atoms with E-state index in [9.17, 15) is 35.4 Å². The fraction of sp³-hybridized carbons (Fsp3) is 0.933. The van der Waals surface area contributed by atoms with E-state index in [0.717, 1.165) is 0 Å². The normalized spacial score (nSPS) is 42.8. The van der Waals surface area contributed by atoms with Crippen molar-refractivity contribution in [1.82, 2.24) is 5.32 Å². The highest BCUT2D eigenvalue weighted by Gasteiger charge is 2.49. The van der Waals surface area contributed by atoms with Gasteiger partial charge < -0.3 is 54.9 Å². The molecule has 2 aliphatic heterocycles. The lowest BCUT2D eigenvalue weighted by Gasteiger charge is -2.45. The molecule has 1 amide bonds. The van der Waals surface area contributed by atoms with Crippen molar-refractivity contribution in [3.05, 3.63) is 0 Å². The lowest BCUT2D eigenvalue weighted by molar-refractivity contribution is -0.345. The predicted octanol–water partition coefficient (Wildman–Crippen LogP) is -4.34. The second kappa shape index (κ2) is 10.4. The molecule has 28 heavy (non-hydrogen) atoms. The molecule has 12 nitrogen and oxygen atoms in total. The SMILES string of the molecule is CNC(=O)CO[C@H]1C[C@@H](O)[C@H](O[C@@H]2O[C@H](C(O)S)[C@H](O)[C@H](O)[C@H]2O)[C@@H](CO)O1. The van der Waals surface area contributed by atoms with Crippen LogP contribution in [0.4, 0.5) is 0 Å². The number of carbonyl (C=O) groups is 1. The molecule has 2 aliphatic rings. The molecule has 7 N–H and O–H groups in total. The third-order valence-electron chi connectivity index (χ3n) is 4.56. The summed E-state index contributed by atoms with van der Waals surface area (Å²) < 4.78 is 21.4. The van der Waals surface area contributed by atoms with E-state index in [0.29, 0.717) is 0 Å². The average molecular weight is 429 g/mol. The molecule has 0 aromatic carbocycles. The Morgan fingerprint density at radius 1 is 1.21 bits per heavy atom. The topological polar surface area (TPSA) is 187 Å². The summed E-state index contributed by atoms with van der Waals surface area (Å²) in [6, 6.07) is 0. The molecule has 1 unspecified atom stereocenters. The van der Waals surface area contributed by atoms with Gasteiger partial charge in [0.1, 0.15) is 48.7 Å². The molecule has 2 heterocycles. The largest absolute Gasteiger partial charge is 0.394 e. The first kappa shape index (κ1) is 23.7. The molecule has 0 aromatic heterocycles. The van der Waals surface area contributed by atoms with Crippen LogP contribution in [-0.2, 0) is 23.7 Å². The summed E-state index contributed by atoms with van der Waals surface area (Å²) in [5, 5.41) is 61.7. The Kier molecular flexibility index (Phi) is 8.84. The maximum atomic E-state index is 11.2. The minimum Gasteiger partial charge on any atom is -0.394 e. The number of ether oxygens (including phenoxy) is 4. The summed E-state index contributed by atoms with van der Waals surface area (Å²) in [6.45, 7) is -0.901. The second-order valence-corrected chi connectivity index (χ2v) is 7.06. The number of nitrogens with one attached hydrogen (secondary N) is 1. The first-order valence-corrected chi connectivity index (χ1v) is 9.19. The molecule has 2 saturated heterocycles. The fourth-order valence-corrected chi connectivity index (χ4v) is 3.21. The molecule has 0 saturated carbocycles. The van der Waals surface area contributed by atoms with Crippen molar-refractivity contribution >= 4 is 18.5 Å². The van der Waals surface area contributed by atoms with Gasteiger partial charge in [-0.05, 0) is 0 Å². The Morgan fingerprint density at radius 3 is 2.46 bits per heavy atom. The lowest BCUT2D eigenvalue weighted by Crippen LogP contribution is -2.63. The smallest absolute Gasteiger partial charge is 0.245 e. The van der Waals surface area contributed by atoms with Crippen molar-refractivity contribution in [3.8, 4) is 0 Å². The van der Waals surface area contributed by atoms with E-state index in [1.807, 2.05) is 0 Å². The number of thiol groups is 1. The van der Waals surface area contributed by atoms with Crippen molar-refractivity contribution in [3.63, 3.8) is 0 Å². The molecule has 0 spiro atoms. The van der Waals surface area contributed by atoms with E-state index in [1.165, 1.54) is 7.05 Å². The molecular formula is C15H27NO11S. The summed E-state index contributed by atoms with van der Waals surface area (Å²) in [6.07, 6.45) is -12.6. The fourth-order valence-electron chi connectivity index (χ4n) is 2.97. The van der Waals surface area contributed by atoms with Gasteiger partial charge in [-0.2, -0.15) is 0 Å². The van der Waals surface area contributed by atoms with Gasteiger partial charge in [-0.25, -0.2) is 0 Å². The van der Waals surface area contributed by atoms with Gasteiger partial charge in [0, 0.05) is 13.5 Å². The molecule has 10 atom stereocenters. The molecule has 0 bridgehead atoms. The summed E-state index contributed by atoms with van der Waals surface area (Å²) in [5.41, 5.74) is -1.48. The number of amides is 1. The summed E-state index contributed by atoms with van der Waals surface area (Å²) in [4.78, 5) is 11.2. The number of carbonyl (C=O) groups excluding carboxylic acids is 1. The first-order valence-electron chi connectivity index (χ1n) is 8.67. The molecule has 2 rings (SSSR count). The molecule has 13 heteroatoms. The van der Waals surface area contributed by atoms with Gasteiger partial charge in [-0.1, -0.05) is 0 Å². The van der Waals surface area contributed by atoms with E-state index in [4.69, 9.17) is 18.9 Å². The van der Waals surface area contributed by atoms with Crippen LogP contribution in [0.15, 0.2) is 0 Å². The summed E-state index contributed by atoms with van der Waals surface area (Å²) in [5.74, 6) is -0.403. The van der Waals surface area contributed by atoms with Crippen LogP contribution in [0.25, 0.3) is 0 Å². The zero-order valence-electron chi connectivity index (χ0n) is 15.1. The van der Waals surface area contributed by atoms with E-state index >= 15 is 0 Å². The summed E-state index contributed by atoms with van der Waals surface area (Å²) >= 11 is 3.75. The number of rotatable bonds is 7. The number of aliphatic hydroxyl groups excluding tert-OH is 6. The molecule has 0 radical (unpaired) electrons. The minimum atomic E-state index is -1.71. The van der Waals surface area contributed by atoms with Crippen LogP contribution >= 0.6 is 12.6 Å². The van der Waals surface area contributed by atoms with Crippen LogP contribution in [0.1, 0.15) is 6.42 Å². The zero-order chi connectivity index (χ0) is 21.0. The number of likely N-dealkylation sites (N-methyl/N-ethyl adjacent to an activating group) is 1. The van der Waals surface area contributed by atoms with Gasteiger partial charge in [0.2, 0.25) is 5.91 Å². The van der Waals surface area contributed by atoms with Crippen LogP contribution in [-0.4, -0.2) is 118 Å². The number of hydrogen-bond donors (Lipinski definition) is 8. The number of hydrogen-bond acceptors (Lipinski definition) is 12. The van der Waals surface area contributed by atoms with Crippen molar-refractivity contribution in [2.75, 3.05) is 20.3 Å². The van der Waals surface area contributed by atoms with E-state index < -0.39 is 73.3 Å². The van der Waals surface area contributed by atoms with Crippen molar-refractivity contribution in [1.29, 1.82) is 0 Å². The predicted molar refractivity (Wildman–Crippen MR) is 92.9 cm³/mol. The van der Waals surface area contributed by atoms with E-state index in [1.54, 1.807) is 0 Å². The highest BCUT2D eigenvalue weighted by molar-refractivity contribution is 7.80. The molecule has 2 fully saturated rings. The van der Waals surface area contributed by atoms with Gasteiger partial charge in [0.05, 0.1) is 12.7 Å². The third kappa shape index (κ3) is 5.52. The van der Waals surface area contributed by atoms with E-state index in [-0.39, 0.29) is 13.0 Å². The lowest BCUT2D eigenvalue weighted by atomic mass is 9.98. The quantitative estimate of drug-likeness (QED) is 0.144. The monoisotopic (exact) mass is 429 g/mol. The van der Waals surface area contributed by atoms with Crippen molar-refractivity contribution in [2.45, 2.75) is 67.2 Å². The Bertz CT molecular complexity index is 512. The Morgan fingerprint density at radius 2 is 1.89 bits per heavy atom. The van der Waals surface area contributed by atoms with Crippen LogP contribution in [0.2, 0.25) is 0 Å². The molecule has 0 aromatic rings. The summed E-state index contributed by atoms with van der Waals surface area (Å²) in [7, 11) is 1.43. The Hall–Kier alpha value is -0.580. The first-order chi connectivity index (χ1) is 13.2. The van der Waals surface area contributed by atoms with Gasteiger partial charge in [0.15, 0.2) is 12.6 Å². The maximum Gasteiger partial charge on any atom is 0.245 e. The van der Waals surface area contributed by atoms with Gasteiger partial charge in [-0.15, -0.1) is 12.6 Å². The highest BCUT2D eigenvalue weighted by atomic mass is 32.1. The van der Waals surface area contributed by atoms with Crippen LogP contribution in [0.3, 0.4) is 0 Å². The van der Waals surface area contributed by atoms with Gasteiger partial charge >= 0.3 is 0 Å². The Labute approximate surface area is 166 Å². The third-order valence-corrected chi connectivity index (χ3v) is 4.85. The highest BCUT2D eigenvalue weighted by Crippen LogP contribution is 2.30. The maximum absolute atomic E-state index is 11.2. The van der Waals surface area contributed by atoms with Gasteiger partial charge in [0.25, 0.3) is 0 Å². The second-order valence-electron chi connectivity index (χ2n) is 6.53. The zero-order valence-corrected chi connectivity index (χ0v) is 16.0. The van der Waals surface area contributed by atoms with Crippen LogP contribution < -0.4 is 5.32 Å². The van der Waals surface area contributed by atoms with Crippen molar-refractivity contribution < 1.29 is 54.4 Å². The van der Waals surface area contributed by atoms with Crippen LogP contribution in [0, 0.1) is 0 Å². The molecule has 164 valence electrons.